The summed E-state index contributed by atoms with van der Waals surface area (Å²) in [6.45, 7) is 0.103. The van der Waals surface area contributed by atoms with Crippen LogP contribution in [0.1, 0.15) is 11.1 Å². The minimum atomic E-state index is -0.336. The molecule has 0 aromatic heterocycles. The first-order valence-electron chi connectivity index (χ1n) is 7.20. The first-order valence-corrected chi connectivity index (χ1v) is 7.94. The maximum Gasteiger partial charge on any atom is 0.185 e. The Morgan fingerprint density at radius 3 is 2.38 bits per heavy atom. The fourth-order valence-corrected chi connectivity index (χ4v) is 2.82. The fourth-order valence-electron chi connectivity index (χ4n) is 2.43. The van der Waals surface area contributed by atoms with Crippen molar-refractivity contribution in [3.05, 3.63) is 65.5 Å². The van der Waals surface area contributed by atoms with Gasteiger partial charge in [-0.1, -0.05) is 24.3 Å². The lowest BCUT2D eigenvalue weighted by molar-refractivity contribution is -0.160. The van der Waals surface area contributed by atoms with Crippen LogP contribution in [0.15, 0.2) is 58.4 Å². The zero-order valence-corrected chi connectivity index (χ0v) is 13.7. The van der Waals surface area contributed by atoms with Gasteiger partial charge in [0.1, 0.15) is 12.4 Å². The quantitative estimate of drug-likeness (QED) is 0.468. The molecule has 0 fully saturated rings. The van der Waals surface area contributed by atoms with E-state index in [0.717, 1.165) is 28.1 Å². The normalized spacial score (nSPS) is 14.3. The molecule has 3 rings (SSSR count). The minimum Gasteiger partial charge on any atom is -0.292 e. The minimum absolute atomic E-state index is 0.0831. The third kappa shape index (κ3) is 3.62. The molecule has 0 aliphatic carbocycles. The van der Waals surface area contributed by atoms with Crippen molar-refractivity contribution in [2.24, 2.45) is 4.99 Å². The van der Waals surface area contributed by atoms with E-state index in [9.17, 15) is 9.18 Å². The van der Waals surface area contributed by atoms with Crippen molar-refractivity contribution in [1.29, 1.82) is 0 Å². The lowest BCUT2D eigenvalue weighted by atomic mass is 9.91. The molecule has 0 amide bonds. The molecule has 2 aromatic rings. The van der Waals surface area contributed by atoms with Crippen LogP contribution in [-0.4, -0.2) is 25.7 Å². The molecule has 0 atom stereocenters. The summed E-state index contributed by atoms with van der Waals surface area (Å²) in [5.74, 6) is -0.419. The van der Waals surface area contributed by atoms with Gasteiger partial charge in [0.15, 0.2) is 5.78 Å². The van der Waals surface area contributed by atoms with Gasteiger partial charge in [-0.2, -0.15) is 4.33 Å². The summed E-state index contributed by atoms with van der Waals surface area (Å²) in [4.78, 5) is 21.9. The first kappa shape index (κ1) is 16.6. The molecule has 122 valence electrons. The average Bonchev–Trinajstić information content (AvgIpc) is 2.61. The van der Waals surface area contributed by atoms with E-state index >= 15 is 0 Å². The van der Waals surface area contributed by atoms with E-state index in [4.69, 9.17) is 4.33 Å². The Morgan fingerprint density at radius 1 is 1.04 bits per heavy atom. The molecule has 24 heavy (non-hydrogen) atoms. The second-order valence-corrected chi connectivity index (χ2v) is 5.81. The molecule has 0 bridgehead atoms. The Morgan fingerprint density at radius 2 is 1.71 bits per heavy atom. The van der Waals surface area contributed by atoms with E-state index in [1.807, 2.05) is 24.3 Å². The summed E-state index contributed by atoms with van der Waals surface area (Å²) in [6, 6.07) is 13.4. The summed E-state index contributed by atoms with van der Waals surface area (Å²) in [7, 11) is 1.44. The number of halogens is 1. The average molecular weight is 343 g/mol. The van der Waals surface area contributed by atoms with E-state index < -0.39 is 0 Å². The SMILES string of the molecule is COOSc1ccc(C2=C(c3ccc(F)cc3)C(=O)CN=C2)cc1. The standard InChI is InChI=1S/C18H14FNO3S/c1-22-23-24-15-8-4-12(5-9-15)16-10-20-11-17(21)18(16)13-2-6-14(19)7-3-13/h2-10H,11H2,1H3. The number of benzene rings is 2. The molecule has 0 saturated carbocycles. The van der Waals surface area contributed by atoms with Crippen molar-refractivity contribution in [2.75, 3.05) is 13.7 Å². The highest BCUT2D eigenvalue weighted by Gasteiger charge is 2.20. The fraction of sp³-hybridized carbons (Fsp3) is 0.111. The summed E-state index contributed by atoms with van der Waals surface area (Å²) in [5, 5.41) is 0. The Labute approximate surface area is 143 Å². The molecule has 4 nitrogen and oxygen atoms in total. The number of rotatable bonds is 5. The monoisotopic (exact) mass is 343 g/mol. The van der Waals surface area contributed by atoms with Crippen LogP contribution in [0.2, 0.25) is 0 Å². The second-order valence-electron chi connectivity index (χ2n) is 5.03. The molecule has 0 unspecified atom stereocenters. The van der Waals surface area contributed by atoms with Crippen molar-refractivity contribution in [1.82, 2.24) is 0 Å². The summed E-state index contributed by atoms with van der Waals surface area (Å²) >= 11 is 1.09. The largest absolute Gasteiger partial charge is 0.292 e. The molecule has 0 spiro atoms. The molecule has 0 saturated heterocycles. The molecule has 1 heterocycles. The van der Waals surface area contributed by atoms with Gasteiger partial charge in [0.05, 0.1) is 19.2 Å². The van der Waals surface area contributed by atoms with Gasteiger partial charge in [-0.3, -0.25) is 9.79 Å². The van der Waals surface area contributed by atoms with Crippen LogP contribution < -0.4 is 0 Å². The Kier molecular flexibility index (Phi) is 5.20. The maximum absolute atomic E-state index is 13.2. The number of aliphatic imine (C=N–C) groups is 1. The van der Waals surface area contributed by atoms with Crippen LogP contribution in [0.4, 0.5) is 4.39 Å². The number of hydrogen-bond donors (Lipinski definition) is 0. The van der Waals surface area contributed by atoms with Crippen LogP contribution in [0.25, 0.3) is 11.1 Å². The van der Waals surface area contributed by atoms with Crippen molar-refractivity contribution in [2.45, 2.75) is 4.90 Å². The van der Waals surface area contributed by atoms with Crippen LogP contribution in [0, 0.1) is 5.82 Å². The highest BCUT2D eigenvalue weighted by molar-refractivity contribution is 7.94. The molecule has 6 heteroatoms. The lowest BCUT2D eigenvalue weighted by Crippen LogP contribution is -2.13. The summed E-state index contributed by atoms with van der Waals surface area (Å²) < 4.78 is 18.0. The van der Waals surface area contributed by atoms with Crippen LogP contribution in [0.5, 0.6) is 0 Å². The van der Waals surface area contributed by atoms with Crippen LogP contribution in [-0.2, 0) is 14.0 Å². The number of hydrogen-bond acceptors (Lipinski definition) is 5. The zero-order valence-electron chi connectivity index (χ0n) is 12.9. The lowest BCUT2D eigenvalue weighted by Gasteiger charge is -2.15. The topological polar surface area (TPSA) is 47.9 Å². The summed E-state index contributed by atoms with van der Waals surface area (Å²) in [5.41, 5.74) is 2.82. The van der Waals surface area contributed by atoms with Crippen molar-refractivity contribution >= 4 is 35.2 Å². The molecule has 0 N–H and O–H groups in total. The van der Waals surface area contributed by atoms with Gasteiger partial charge in [0, 0.05) is 22.3 Å². The van der Waals surface area contributed by atoms with Crippen molar-refractivity contribution < 1.29 is 18.4 Å². The van der Waals surface area contributed by atoms with Gasteiger partial charge in [-0.25, -0.2) is 9.28 Å². The number of dihydropyridines is 1. The van der Waals surface area contributed by atoms with E-state index in [2.05, 4.69) is 9.88 Å². The van der Waals surface area contributed by atoms with Gasteiger partial charge in [0.25, 0.3) is 0 Å². The third-order valence-electron chi connectivity index (χ3n) is 3.50. The highest BCUT2D eigenvalue weighted by atomic mass is 32.2. The first-order chi connectivity index (χ1) is 11.7. The Balaban J connectivity index is 2.01. The third-order valence-corrected chi connectivity index (χ3v) is 4.17. The number of carbonyl (C=O) groups is 1. The number of allylic oxidation sites excluding steroid dienone is 1. The number of nitrogens with zero attached hydrogens (tertiary/aromatic N) is 1. The van der Waals surface area contributed by atoms with Crippen molar-refractivity contribution in [3.63, 3.8) is 0 Å². The van der Waals surface area contributed by atoms with Gasteiger partial charge in [0.2, 0.25) is 0 Å². The summed E-state index contributed by atoms with van der Waals surface area (Å²) in [6.07, 6.45) is 1.69. The predicted octanol–water partition coefficient (Wildman–Crippen LogP) is 3.98. The van der Waals surface area contributed by atoms with E-state index in [0.29, 0.717) is 11.1 Å². The number of Topliss-reactive ketones (excluding diaryl/α,β-unsaturated/α-hetero) is 1. The predicted molar refractivity (Wildman–Crippen MR) is 92.0 cm³/mol. The van der Waals surface area contributed by atoms with Gasteiger partial charge in [-0.05, 0) is 35.4 Å². The zero-order chi connectivity index (χ0) is 16.9. The molecule has 2 aromatic carbocycles. The number of ketones is 1. The molecule has 1 aliphatic rings. The smallest absolute Gasteiger partial charge is 0.185 e. The second kappa shape index (κ2) is 7.53. The van der Waals surface area contributed by atoms with E-state index in [-0.39, 0.29) is 18.1 Å². The highest BCUT2D eigenvalue weighted by Crippen LogP contribution is 2.30. The van der Waals surface area contributed by atoms with Gasteiger partial charge < -0.3 is 0 Å². The van der Waals surface area contributed by atoms with Crippen LogP contribution in [0.3, 0.4) is 0 Å². The molecule has 1 aliphatic heterocycles. The molecular formula is C18H14FNO3S. The number of carbonyl (C=O) groups excluding carboxylic acids is 1. The van der Waals surface area contributed by atoms with Gasteiger partial charge in [-0.15, -0.1) is 0 Å². The Bertz CT molecular complexity index is 798. The van der Waals surface area contributed by atoms with E-state index in [1.165, 1.54) is 19.2 Å². The van der Waals surface area contributed by atoms with E-state index in [1.54, 1.807) is 18.3 Å². The van der Waals surface area contributed by atoms with Crippen molar-refractivity contribution in [3.8, 4) is 0 Å². The van der Waals surface area contributed by atoms with Gasteiger partial charge >= 0.3 is 0 Å². The maximum atomic E-state index is 13.2. The Hall–Kier alpha value is -2.28. The molecular weight excluding hydrogens is 329 g/mol. The van der Waals surface area contributed by atoms with Crippen LogP contribution >= 0.6 is 12.0 Å². The molecule has 0 radical (unpaired) electrons.